The first-order chi connectivity index (χ1) is 17.1. The number of hydrogen-bond donors (Lipinski definition) is 2. The van der Waals surface area contributed by atoms with Gasteiger partial charge in [0.15, 0.2) is 5.76 Å². The molecule has 0 radical (unpaired) electrons. The predicted molar refractivity (Wildman–Crippen MR) is 133 cm³/mol. The standard InChI is InChI=1S/C26H30FN5O3/c27-22-8-2-1-7-21(22)25-16-28-26(35-25)30-24-10-4-3-9-23(24)29-18-6-5-15-31(17-18)19-11-13-20(14-12-19)32(33)34/h1-2,7-8,11-14,16,18,23-24,29H,3-6,9-10,15,17H2,(H,28,30)/t18-,23?,24?/m0/s1. The van der Waals surface area contributed by atoms with E-state index in [0.717, 1.165) is 50.9 Å². The summed E-state index contributed by atoms with van der Waals surface area (Å²) in [6.07, 6.45) is 8.08. The smallest absolute Gasteiger partial charge is 0.295 e. The average molecular weight is 480 g/mol. The SMILES string of the molecule is O=[N+]([O-])c1ccc(N2CCC[C@H](NC3CCCCC3Nc3ncc(-c4ccccc4F)o3)C2)cc1. The number of benzene rings is 2. The first kappa shape index (κ1) is 23.3. The molecule has 9 heteroatoms. The lowest BCUT2D eigenvalue weighted by Gasteiger charge is -2.40. The van der Waals surface area contributed by atoms with E-state index >= 15 is 0 Å². The third kappa shape index (κ3) is 5.45. The molecule has 0 amide bonds. The van der Waals surface area contributed by atoms with Crippen molar-refractivity contribution in [3.63, 3.8) is 0 Å². The van der Waals surface area contributed by atoms with Crippen molar-refractivity contribution < 1.29 is 13.7 Å². The highest BCUT2D eigenvalue weighted by Crippen LogP contribution is 2.29. The van der Waals surface area contributed by atoms with Gasteiger partial charge in [-0.05, 0) is 49.9 Å². The van der Waals surface area contributed by atoms with Gasteiger partial charge in [-0.25, -0.2) is 9.37 Å². The van der Waals surface area contributed by atoms with Crippen molar-refractivity contribution in [1.29, 1.82) is 0 Å². The number of non-ortho nitro benzene ring substituents is 1. The van der Waals surface area contributed by atoms with Gasteiger partial charge in [0, 0.05) is 49.0 Å². The summed E-state index contributed by atoms with van der Waals surface area (Å²) in [7, 11) is 0. The quantitative estimate of drug-likeness (QED) is 0.347. The molecule has 2 aliphatic rings. The van der Waals surface area contributed by atoms with Gasteiger partial charge in [-0.2, -0.15) is 0 Å². The number of anilines is 2. The summed E-state index contributed by atoms with van der Waals surface area (Å²) in [5.74, 6) is 0.0826. The van der Waals surface area contributed by atoms with E-state index in [1.165, 1.54) is 12.5 Å². The van der Waals surface area contributed by atoms with Crippen molar-refractivity contribution in [2.24, 2.45) is 0 Å². The normalized spacial score (nSPS) is 22.7. The van der Waals surface area contributed by atoms with Gasteiger partial charge >= 0.3 is 0 Å². The highest BCUT2D eigenvalue weighted by Gasteiger charge is 2.30. The molecule has 0 spiro atoms. The van der Waals surface area contributed by atoms with Crippen molar-refractivity contribution in [3.05, 3.63) is 70.7 Å². The largest absolute Gasteiger partial charge is 0.423 e. The third-order valence-electron chi connectivity index (χ3n) is 7.02. The van der Waals surface area contributed by atoms with Crippen LogP contribution in [0.25, 0.3) is 11.3 Å². The molecule has 2 fully saturated rings. The molecule has 2 heterocycles. The van der Waals surface area contributed by atoms with Crippen molar-refractivity contribution in [1.82, 2.24) is 10.3 Å². The zero-order valence-corrected chi connectivity index (χ0v) is 19.5. The second-order valence-corrected chi connectivity index (χ2v) is 9.38. The molecule has 184 valence electrons. The minimum Gasteiger partial charge on any atom is -0.423 e. The molecule has 2 aromatic carbocycles. The number of aromatic nitrogens is 1. The van der Waals surface area contributed by atoms with E-state index < -0.39 is 0 Å². The van der Waals surface area contributed by atoms with Crippen LogP contribution in [0.2, 0.25) is 0 Å². The topological polar surface area (TPSA) is 96.5 Å². The zero-order valence-electron chi connectivity index (χ0n) is 19.5. The Bertz CT molecular complexity index is 1150. The summed E-state index contributed by atoms with van der Waals surface area (Å²) in [5.41, 5.74) is 1.53. The second-order valence-electron chi connectivity index (χ2n) is 9.38. The van der Waals surface area contributed by atoms with Crippen LogP contribution in [0.4, 0.5) is 21.8 Å². The number of nitrogens with zero attached hydrogens (tertiary/aromatic N) is 3. The lowest BCUT2D eigenvalue weighted by molar-refractivity contribution is -0.384. The Morgan fingerprint density at radius 3 is 2.57 bits per heavy atom. The fourth-order valence-electron chi connectivity index (χ4n) is 5.22. The van der Waals surface area contributed by atoms with E-state index in [1.807, 2.05) is 12.1 Å². The maximum atomic E-state index is 14.1. The van der Waals surface area contributed by atoms with Gasteiger partial charge in [-0.3, -0.25) is 10.1 Å². The molecule has 1 aromatic heterocycles. The molecule has 0 bridgehead atoms. The van der Waals surface area contributed by atoms with E-state index in [0.29, 0.717) is 23.4 Å². The Labute approximate surface area is 203 Å². The third-order valence-corrected chi connectivity index (χ3v) is 7.02. The van der Waals surface area contributed by atoms with Crippen LogP contribution in [-0.4, -0.2) is 41.1 Å². The summed E-state index contributed by atoms with van der Waals surface area (Å²) in [5, 5.41) is 18.3. The number of nitro groups is 1. The predicted octanol–water partition coefficient (Wildman–Crippen LogP) is 5.37. The van der Waals surface area contributed by atoms with E-state index in [2.05, 4.69) is 20.5 Å². The zero-order chi connectivity index (χ0) is 24.2. The molecule has 1 aliphatic heterocycles. The number of nitro benzene ring substituents is 1. The second kappa shape index (κ2) is 10.4. The van der Waals surface area contributed by atoms with E-state index in [-0.39, 0.29) is 28.5 Å². The van der Waals surface area contributed by atoms with Gasteiger partial charge in [-0.15, -0.1) is 0 Å². The lowest BCUT2D eigenvalue weighted by Crippen LogP contribution is -2.54. The van der Waals surface area contributed by atoms with Gasteiger partial charge < -0.3 is 20.0 Å². The summed E-state index contributed by atoms with van der Waals surface area (Å²) in [4.78, 5) is 17.2. The minimum absolute atomic E-state index is 0.112. The Morgan fingerprint density at radius 2 is 1.80 bits per heavy atom. The number of hydrogen-bond acceptors (Lipinski definition) is 7. The number of rotatable bonds is 7. The Morgan fingerprint density at radius 1 is 1.03 bits per heavy atom. The molecule has 35 heavy (non-hydrogen) atoms. The summed E-state index contributed by atoms with van der Waals surface area (Å²) < 4.78 is 20.0. The molecule has 1 saturated carbocycles. The Hall–Kier alpha value is -3.46. The fourth-order valence-corrected chi connectivity index (χ4v) is 5.22. The first-order valence-electron chi connectivity index (χ1n) is 12.3. The van der Waals surface area contributed by atoms with Crippen LogP contribution in [0.3, 0.4) is 0 Å². The molecule has 2 unspecified atom stereocenters. The van der Waals surface area contributed by atoms with Crippen LogP contribution < -0.4 is 15.5 Å². The maximum absolute atomic E-state index is 14.1. The molecule has 8 nitrogen and oxygen atoms in total. The monoisotopic (exact) mass is 479 g/mol. The van der Waals surface area contributed by atoms with Crippen molar-refractivity contribution in [2.45, 2.75) is 56.7 Å². The van der Waals surface area contributed by atoms with E-state index in [4.69, 9.17) is 4.42 Å². The summed E-state index contributed by atoms with van der Waals surface area (Å²) >= 11 is 0. The van der Waals surface area contributed by atoms with Gasteiger partial charge in [0.05, 0.1) is 16.7 Å². The average Bonchev–Trinajstić information content (AvgIpc) is 3.34. The highest BCUT2D eigenvalue weighted by molar-refractivity contribution is 5.58. The molecular weight excluding hydrogens is 449 g/mol. The van der Waals surface area contributed by atoms with Crippen LogP contribution in [0.1, 0.15) is 38.5 Å². The Kier molecular flexibility index (Phi) is 6.94. The van der Waals surface area contributed by atoms with Gasteiger partial charge in [0.25, 0.3) is 11.7 Å². The van der Waals surface area contributed by atoms with E-state index in [1.54, 1.807) is 36.5 Å². The van der Waals surface area contributed by atoms with Gasteiger partial charge in [0.1, 0.15) is 5.82 Å². The first-order valence-corrected chi connectivity index (χ1v) is 12.3. The molecule has 1 saturated heterocycles. The Balaban J connectivity index is 1.22. The molecule has 3 aromatic rings. The lowest BCUT2D eigenvalue weighted by atomic mass is 9.89. The number of oxazole rings is 1. The molecule has 3 atom stereocenters. The minimum atomic E-state index is -0.367. The number of piperidine rings is 1. The fraction of sp³-hybridized carbons (Fsp3) is 0.423. The number of halogens is 1. The van der Waals surface area contributed by atoms with Crippen molar-refractivity contribution in [3.8, 4) is 11.3 Å². The van der Waals surface area contributed by atoms with Crippen LogP contribution in [0.15, 0.2) is 59.1 Å². The van der Waals surface area contributed by atoms with Gasteiger partial charge in [0.2, 0.25) is 0 Å². The van der Waals surface area contributed by atoms with Crippen LogP contribution in [-0.2, 0) is 0 Å². The summed E-state index contributed by atoms with van der Waals surface area (Å²) in [6.45, 7) is 1.80. The van der Waals surface area contributed by atoms with Crippen LogP contribution in [0.5, 0.6) is 0 Å². The number of nitrogens with one attached hydrogen (secondary N) is 2. The maximum Gasteiger partial charge on any atom is 0.295 e. The molecular formula is C26H30FN5O3. The van der Waals surface area contributed by atoms with Crippen LogP contribution >= 0.6 is 0 Å². The van der Waals surface area contributed by atoms with Crippen molar-refractivity contribution in [2.75, 3.05) is 23.3 Å². The molecule has 5 rings (SSSR count). The van der Waals surface area contributed by atoms with Crippen LogP contribution in [0, 0.1) is 15.9 Å². The molecule has 2 N–H and O–H groups in total. The summed E-state index contributed by atoms with van der Waals surface area (Å²) in [6, 6.07) is 14.5. The van der Waals surface area contributed by atoms with Gasteiger partial charge in [-0.1, -0.05) is 25.0 Å². The highest BCUT2D eigenvalue weighted by atomic mass is 19.1. The van der Waals surface area contributed by atoms with Crippen molar-refractivity contribution >= 4 is 17.4 Å². The van der Waals surface area contributed by atoms with E-state index in [9.17, 15) is 14.5 Å². The molecule has 1 aliphatic carbocycles.